The molecule has 1 atom stereocenters. The van der Waals surface area contributed by atoms with Crippen molar-refractivity contribution < 1.29 is 27.4 Å². The third-order valence-electron chi connectivity index (χ3n) is 5.42. The Bertz CT molecular complexity index is 927. The van der Waals surface area contributed by atoms with Gasteiger partial charge in [-0.1, -0.05) is 6.07 Å². The number of anilines is 2. The Balaban J connectivity index is 1.34. The smallest absolute Gasteiger partial charge is 0.416 e. The van der Waals surface area contributed by atoms with E-state index >= 15 is 0 Å². The molecule has 1 saturated heterocycles. The number of nitrogens with zero attached hydrogens (tertiary/aromatic N) is 2. The highest BCUT2D eigenvalue weighted by molar-refractivity contribution is 5.94. The van der Waals surface area contributed by atoms with Gasteiger partial charge in [-0.15, -0.1) is 0 Å². The van der Waals surface area contributed by atoms with E-state index in [-0.39, 0.29) is 18.7 Å². The zero-order chi connectivity index (χ0) is 21.3. The van der Waals surface area contributed by atoms with E-state index in [0.717, 1.165) is 6.07 Å². The first-order chi connectivity index (χ1) is 14.3. The predicted octanol–water partition coefficient (Wildman–Crippen LogP) is 3.58. The molecule has 2 heterocycles. The monoisotopic (exact) mass is 421 g/mol. The van der Waals surface area contributed by atoms with Gasteiger partial charge in [0.05, 0.1) is 11.6 Å². The number of fused-ring (bicyclic) bond motifs is 1. The van der Waals surface area contributed by atoms with Crippen molar-refractivity contribution in [1.82, 2.24) is 4.90 Å². The van der Waals surface area contributed by atoms with Gasteiger partial charge in [0.1, 0.15) is 0 Å². The maximum atomic E-state index is 13.0. The van der Waals surface area contributed by atoms with Crippen molar-refractivity contribution in [3.63, 3.8) is 0 Å². The summed E-state index contributed by atoms with van der Waals surface area (Å²) in [5, 5.41) is 2.88. The number of ether oxygens (including phenoxy) is 2. The van der Waals surface area contributed by atoms with Crippen molar-refractivity contribution >= 4 is 17.3 Å². The molecule has 0 aliphatic carbocycles. The number of carbonyl (C=O) groups excluding carboxylic acids is 1. The zero-order valence-electron chi connectivity index (χ0n) is 16.4. The number of nitrogens with one attached hydrogen (secondary N) is 1. The summed E-state index contributed by atoms with van der Waals surface area (Å²) in [6, 6.07) is 10.2. The van der Waals surface area contributed by atoms with Crippen LogP contribution in [0.3, 0.4) is 0 Å². The first kappa shape index (κ1) is 20.3. The van der Waals surface area contributed by atoms with Crippen molar-refractivity contribution in [2.45, 2.75) is 19.1 Å². The van der Waals surface area contributed by atoms with Crippen LogP contribution in [0.25, 0.3) is 0 Å². The lowest BCUT2D eigenvalue weighted by molar-refractivity contribution is -0.137. The molecule has 1 N–H and O–H groups in total. The second-order valence-electron chi connectivity index (χ2n) is 7.30. The summed E-state index contributed by atoms with van der Waals surface area (Å²) in [6.07, 6.45) is -4.36. The maximum absolute atomic E-state index is 13.0. The van der Waals surface area contributed by atoms with Crippen molar-refractivity contribution in [2.24, 2.45) is 0 Å². The number of hydrogen-bond donors (Lipinski definition) is 1. The fourth-order valence-corrected chi connectivity index (χ4v) is 3.63. The standard InChI is InChI=1S/C21H22F3N3O3/c1-14(20(28)25-16-5-6-18-19(12-16)30-13-29-18)26-7-9-27(10-8-26)17-4-2-3-15(11-17)21(22,23)24/h2-6,11-12,14H,7-10,13H2,1H3,(H,25,28). The van der Waals surface area contributed by atoms with Gasteiger partial charge in [0.25, 0.3) is 0 Å². The van der Waals surface area contributed by atoms with Gasteiger partial charge in [-0.25, -0.2) is 0 Å². The number of hydrogen-bond acceptors (Lipinski definition) is 5. The molecule has 4 rings (SSSR count). The van der Waals surface area contributed by atoms with Gasteiger partial charge >= 0.3 is 6.18 Å². The molecular weight excluding hydrogens is 399 g/mol. The number of piperazine rings is 1. The Kier molecular flexibility index (Phi) is 5.46. The Hall–Kier alpha value is -2.94. The van der Waals surface area contributed by atoms with Gasteiger partial charge in [0.15, 0.2) is 11.5 Å². The van der Waals surface area contributed by atoms with E-state index < -0.39 is 11.7 Å². The molecule has 6 nitrogen and oxygen atoms in total. The number of benzene rings is 2. The highest BCUT2D eigenvalue weighted by atomic mass is 19.4. The molecule has 0 spiro atoms. The number of halogens is 3. The van der Waals surface area contributed by atoms with Crippen molar-refractivity contribution in [2.75, 3.05) is 43.2 Å². The van der Waals surface area contributed by atoms with E-state index in [1.807, 2.05) is 16.7 Å². The van der Waals surface area contributed by atoms with Crippen LogP contribution in [0.5, 0.6) is 11.5 Å². The molecule has 1 amide bonds. The van der Waals surface area contributed by atoms with Gasteiger partial charge in [0.2, 0.25) is 12.7 Å². The molecule has 2 aromatic carbocycles. The summed E-state index contributed by atoms with van der Waals surface area (Å²) in [5.74, 6) is 1.09. The van der Waals surface area contributed by atoms with Crippen LogP contribution in [0.15, 0.2) is 42.5 Å². The lowest BCUT2D eigenvalue weighted by Crippen LogP contribution is -2.52. The maximum Gasteiger partial charge on any atom is 0.416 e. The lowest BCUT2D eigenvalue weighted by Gasteiger charge is -2.38. The van der Waals surface area contributed by atoms with Gasteiger partial charge < -0.3 is 19.7 Å². The number of rotatable bonds is 4. The topological polar surface area (TPSA) is 54.0 Å². The zero-order valence-corrected chi connectivity index (χ0v) is 16.4. The molecule has 30 heavy (non-hydrogen) atoms. The largest absolute Gasteiger partial charge is 0.454 e. The quantitative estimate of drug-likeness (QED) is 0.818. The number of carbonyl (C=O) groups is 1. The van der Waals surface area contributed by atoms with E-state index in [4.69, 9.17) is 9.47 Å². The van der Waals surface area contributed by atoms with E-state index in [9.17, 15) is 18.0 Å². The summed E-state index contributed by atoms with van der Waals surface area (Å²) >= 11 is 0. The van der Waals surface area contributed by atoms with Crippen LogP contribution in [-0.2, 0) is 11.0 Å². The highest BCUT2D eigenvalue weighted by Gasteiger charge is 2.31. The highest BCUT2D eigenvalue weighted by Crippen LogP contribution is 2.34. The van der Waals surface area contributed by atoms with Crippen LogP contribution in [0, 0.1) is 0 Å². The van der Waals surface area contributed by atoms with Crippen LogP contribution in [-0.4, -0.2) is 49.8 Å². The molecule has 2 aliphatic heterocycles. The Labute approximate surface area is 172 Å². The number of amides is 1. The lowest BCUT2D eigenvalue weighted by atomic mass is 10.1. The van der Waals surface area contributed by atoms with Crippen LogP contribution in [0.2, 0.25) is 0 Å². The first-order valence-corrected chi connectivity index (χ1v) is 9.68. The Morgan fingerprint density at radius 3 is 2.50 bits per heavy atom. The molecule has 160 valence electrons. The molecular formula is C21H22F3N3O3. The van der Waals surface area contributed by atoms with Gasteiger partial charge in [-0.2, -0.15) is 13.2 Å². The van der Waals surface area contributed by atoms with E-state index in [1.165, 1.54) is 12.1 Å². The Morgan fingerprint density at radius 2 is 1.77 bits per heavy atom. The summed E-state index contributed by atoms with van der Waals surface area (Å²) < 4.78 is 49.5. The van der Waals surface area contributed by atoms with Crippen LogP contribution >= 0.6 is 0 Å². The average Bonchev–Trinajstić information content (AvgIpc) is 3.21. The molecule has 2 aromatic rings. The second-order valence-corrected chi connectivity index (χ2v) is 7.30. The summed E-state index contributed by atoms with van der Waals surface area (Å²) in [7, 11) is 0. The van der Waals surface area contributed by atoms with Crippen LogP contribution in [0.4, 0.5) is 24.5 Å². The minimum absolute atomic E-state index is 0.151. The fourth-order valence-electron chi connectivity index (χ4n) is 3.63. The van der Waals surface area contributed by atoms with E-state index in [0.29, 0.717) is 49.1 Å². The number of alkyl halides is 3. The first-order valence-electron chi connectivity index (χ1n) is 9.68. The molecule has 9 heteroatoms. The molecule has 2 aliphatic rings. The fraction of sp³-hybridized carbons (Fsp3) is 0.381. The summed E-state index contributed by atoms with van der Waals surface area (Å²) in [5.41, 5.74) is 0.513. The predicted molar refractivity (Wildman–Crippen MR) is 106 cm³/mol. The minimum atomic E-state index is -4.36. The van der Waals surface area contributed by atoms with Crippen molar-refractivity contribution in [3.05, 3.63) is 48.0 Å². The molecule has 0 radical (unpaired) electrons. The summed E-state index contributed by atoms with van der Waals surface area (Å²) in [6.45, 7) is 4.23. The van der Waals surface area contributed by atoms with E-state index in [1.54, 1.807) is 24.3 Å². The van der Waals surface area contributed by atoms with Gasteiger partial charge in [-0.05, 0) is 37.3 Å². The van der Waals surface area contributed by atoms with E-state index in [2.05, 4.69) is 5.32 Å². The SMILES string of the molecule is CC(C(=O)Nc1ccc2c(c1)OCO2)N1CCN(c2cccc(C(F)(F)F)c2)CC1. The minimum Gasteiger partial charge on any atom is -0.454 e. The van der Waals surface area contributed by atoms with Crippen molar-refractivity contribution in [1.29, 1.82) is 0 Å². The molecule has 0 saturated carbocycles. The normalized spacial score (nSPS) is 17.7. The molecule has 1 unspecified atom stereocenters. The van der Waals surface area contributed by atoms with Crippen molar-refractivity contribution in [3.8, 4) is 11.5 Å². The summed E-state index contributed by atoms with van der Waals surface area (Å²) in [4.78, 5) is 16.6. The molecule has 1 fully saturated rings. The van der Waals surface area contributed by atoms with Crippen LogP contribution < -0.4 is 19.7 Å². The van der Waals surface area contributed by atoms with Gasteiger partial charge in [-0.3, -0.25) is 9.69 Å². The molecule has 0 aromatic heterocycles. The Morgan fingerprint density at radius 1 is 1.03 bits per heavy atom. The third-order valence-corrected chi connectivity index (χ3v) is 5.42. The van der Waals surface area contributed by atoms with Crippen LogP contribution in [0.1, 0.15) is 12.5 Å². The average molecular weight is 421 g/mol. The van der Waals surface area contributed by atoms with Gasteiger partial charge in [0, 0.05) is 43.6 Å². The third kappa shape index (κ3) is 4.30. The second kappa shape index (κ2) is 8.06. The molecule has 0 bridgehead atoms.